The summed E-state index contributed by atoms with van der Waals surface area (Å²) in [6.45, 7) is 2.98. The highest BCUT2D eigenvalue weighted by Crippen LogP contribution is 2.28. The number of carbonyl (C=O) groups excluding carboxylic acids is 1. The van der Waals surface area contributed by atoms with Crippen LogP contribution in [0.1, 0.15) is 50.0 Å². The van der Waals surface area contributed by atoms with E-state index in [0.29, 0.717) is 24.3 Å². The molecule has 2 aliphatic rings. The van der Waals surface area contributed by atoms with Crippen LogP contribution >= 0.6 is 12.4 Å². The molecule has 1 N–H and O–H groups in total. The van der Waals surface area contributed by atoms with E-state index in [9.17, 15) is 4.79 Å². The molecule has 2 aliphatic heterocycles. The zero-order chi connectivity index (χ0) is 14.5. The highest BCUT2D eigenvalue weighted by atomic mass is 35.5. The smallest absolute Gasteiger partial charge is 0.222 e. The molecular formula is C18H27ClN2O. The summed E-state index contributed by atoms with van der Waals surface area (Å²) in [7, 11) is 0. The maximum absolute atomic E-state index is 12.3. The molecule has 3 nitrogen and oxygen atoms in total. The minimum Gasteiger partial charge on any atom is -0.343 e. The number of nitrogens with zero attached hydrogens (tertiary/aromatic N) is 1. The first kappa shape index (κ1) is 17.3. The Hall–Kier alpha value is -1.06. The second-order valence-corrected chi connectivity index (χ2v) is 6.40. The van der Waals surface area contributed by atoms with Crippen molar-refractivity contribution >= 4 is 18.3 Å². The molecule has 1 aromatic rings. The molecule has 1 amide bonds. The first-order valence-corrected chi connectivity index (χ1v) is 8.39. The van der Waals surface area contributed by atoms with E-state index >= 15 is 0 Å². The second-order valence-electron chi connectivity index (χ2n) is 6.40. The molecule has 1 aromatic carbocycles. The van der Waals surface area contributed by atoms with Crippen molar-refractivity contribution in [1.82, 2.24) is 10.2 Å². The van der Waals surface area contributed by atoms with Crippen LogP contribution in [0.15, 0.2) is 30.3 Å². The number of carbonyl (C=O) groups is 1. The van der Waals surface area contributed by atoms with E-state index in [1.165, 1.54) is 18.4 Å². The Morgan fingerprint density at radius 3 is 2.50 bits per heavy atom. The zero-order valence-corrected chi connectivity index (χ0v) is 14.0. The Bertz CT molecular complexity index is 451. The third-order valence-electron chi connectivity index (χ3n) is 4.99. The van der Waals surface area contributed by atoms with Gasteiger partial charge in [0, 0.05) is 25.6 Å². The third-order valence-corrected chi connectivity index (χ3v) is 4.99. The van der Waals surface area contributed by atoms with Crippen LogP contribution in [0.3, 0.4) is 0 Å². The molecule has 0 aliphatic carbocycles. The Balaban J connectivity index is 0.00000176. The number of halogens is 1. The lowest BCUT2D eigenvalue weighted by atomic mass is 9.89. The summed E-state index contributed by atoms with van der Waals surface area (Å²) in [5.74, 6) is 0.988. The summed E-state index contributed by atoms with van der Waals surface area (Å²) >= 11 is 0. The monoisotopic (exact) mass is 322 g/mol. The summed E-state index contributed by atoms with van der Waals surface area (Å²) in [6.07, 6.45) is 6.45. The third kappa shape index (κ3) is 4.47. The van der Waals surface area contributed by atoms with Crippen LogP contribution in [0.5, 0.6) is 0 Å². The zero-order valence-electron chi connectivity index (χ0n) is 13.2. The van der Waals surface area contributed by atoms with E-state index in [-0.39, 0.29) is 12.4 Å². The van der Waals surface area contributed by atoms with Gasteiger partial charge in [-0.1, -0.05) is 30.3 Å². The molecule has 0 spiro atoms. The van der Waals surface area contributed by atoms with E-state index in [1.54, 1.807) is 0 Å². The van der Waals surface area contributed by atoms with Crippen molar-refractivity contribution in [3.8, 4) is 0 Å². The molecule has 0 bridgehead atoms. The van der Waals surface area contributed by atoms with Crippen molar-refractivity contribution in [2.24, 2.45) is 0 Å². The average Bonchev–Trinajstić information content (AvgIpc) is 3.07. The number of amides is 1. The van der Waals surface area contributed by atoms with Gasteiger partial charge in [-0.3, -0.25) is 4.79 Å². The molecule has 2 fully saturated rings. The highest BCUT2D eigenvalue weighted by molar-refractivity contribution is 5.85. The molecule has 1 atom stereocenters. The van der Waals surface area contributed by atoms with Crippen molar-refractivity contribution in [3.05, 3.63) is 35.9 Å². The predicted molar refractivity (Wildman–Crippen MR) is 92.5 cm³/mol. The van der Waals surface area contributed by atoms with Crippen LogP contribution in [0, 0.1) is 0 Å². The lowest BCUT2D eigenvalue weighted by molar-refractivity contribution is -0.132. The lowest BCUT2D eigenvalue weighted by Gasteiger charge is -2.32. The van der Waals surface area contributed by atoms with E-state index in [2.05, 4.69) is 40.5 Å². The number of piperidine rings is 1. The van der Waals surface area contributed by atoms with Gasteiger partial charge in [-0.2, -0.15) is 0 Å². The number of benzene rings is 1. The van der Waals surface area contributed by atoms with Gasteiger partial charge in [0.25, 0.3) is 0 Å². The van der Waals surface area contributed by atoms with E-state index < -0.39 is 0 Å². The molecule has 2 saturated heterocycles. The predicted octanol–water partition coefficient (Wildman–Crippen LogP) is 3.35. The molecular weight excluding hydrogens is 296 g/mol. The molecule has 4 heteroatoms. The molecule has 22 heavy (non-hydrogen) atoms. The number of hydrogen-bond donors (Lipinski definition) is 1. The maximum atomic E-state index is 12.3. The number of nitrogens with one attached hydrogen (secondary N) is 1. The number of hydrogen-bond acceptors (Lipinski definition) is 2. The summed E-state index contributed by atoms with van der Waals surface area (Å²) in [4.78, 5) is 14.4. The van der Waals surface area contributed by atoms with Gasteiger partial charge in [0.15, 0.2) is 0 Å². The minimum atomic E-state index is 0. The van der Waals surface area contributed by atoms with Crippen molar-refractivity contribution in [1.29, 1.82) is 0 Å². The largest absolute Gasteiger partial charge is 0.343 e. The fraction of sp³-hybridized carbons (Fsp3) is 0.611. The molecule has 0 saturated carbocycles. The van der Waals surface area contributed by atoms with Crippen LogP contribution in [-0.4, -0.2) is 36.5 Å². The van der Waals surface area contributed by atoms with Crippen LogP contribution in [0.25, 0.3) is 0 Å². The summed E-state index contributed by atoms with van der Waals surface area (Å²) in [6, 6.07) is 11.3. The standard InChI is InChI=1S/C18H26N2O.ClH/c21-18(9-8-17-7-4-12-19-17)20-13-10-16(11-14-20)15-5-2-1-3-6-15;/h1-3,5-6,16-17,19H,4,7-14H2;1H. The Morgan fingerprint density at radius 2 is 1.86 bits per heavy atom. The van der Waals surface area contributed by atoms with Crippen LogP contribution in [0.2, 0.25) is 0 Å². The summed E-state index contributed by atoms with van der Waals surface area (Å²) in [5, 5.41) is 3.47. The van der Waals surface area contributed by atoms with Gasteiger partial charge >= 0.3 is 0 Å². The van der Waals surface area contributed by atoms with Crippen molar-refractivity contribution in [3.63, 3.8) is 0 Å². The van der Waals surface area contributed by atoms with Gasteiger partial charge in [-0.05, 0) is 50.1 Å². The molecule has 1 unspecified atom stereocenters. The molecule has 0 aromatic heterocycles. The SMILES string of the molecule is Cl.O=C(CCC1CCCN1)N1CCC(c2ccccc2)CC1. The summed E-state index contributed by atoms with van der Waals surface area (Å²) in [5.41, 5.74) is 1.43. The van der Waals surface area contributed by atoms with Crippen LogP contribution in [-0.2, 0) is 4.79 Å². The number of likely N-dealkylation sites (tertiary alicyclic amines) is 1. The van der Waals surface area contributed by atoms with Gasteiger partial charge in [0.1, 0.15) is 0 Å². The molecule has 0 radical (unpaired) electrons. The first-order chi connectivity index (χ1) is 10.3. The summed E-state index contributed by atoms with van der Waals surface area (Å²) < 4.78 is 0. The van der Waals surface area contributed by atoms with Crippen molar-refractivity contribution in [2.75, 3.05) is 19.6 Å². The maximum Gasteiger partial charge on any atom is 0.222 e. The highest BCUT2D eigenvalue weighted by Gasteiger charge is 2.24. The lowest BCUT2D eigenvalue weighted by Crippen LogP contribution is -2.38. The van der Waals surface area contributed by atoms with Crippen molar-refractivity contribution in [2.45, 2.75) is 50.5 Å². The Morgan fingerprint density at radius 1 is 1.14 bits per heavy atom. The molecule has 3 rings (SSSR count). The normalized spacial score (nSPS) is 22.4. The van der Waals surface area contributed by atoms with E-state index in [1.807, 2.05) is 0 Å². The van der Waals surface area contributed by atoms with Crippen LogP contribution < -0.4 is 5.32 Å². The quantitative estimate of drug-likeness (QED) is 0.922. The van der Waals surface area contributed by atoms with Gasteiger partial charge in [0.05, 0.1) is 0 Å². The van der Waals surface area contributed by atoms with Gasteiger partial charge < -0.3 is 10.2 Å². The second kappa shape index (κ2) is 8.54. The van der Waals surface area contributed by atoms with E-state index in [4.69, 9.17) is 0 Å². The topological polar surface area (TPSA) is 32.3 Å². The van der Waals surface area contributed by atoms with Gasteiger partial charge in [0.2, 0.25) is 5.91 Å². The first-order valence-electron chi connectivity index (χ1n) is 8.39. The van der Waals surface area contributed by atoms with Gasteiger partial charge in [-0.15, -0.1) is 12.4 Å². The minimum absolute atomic E-state index is 0. The van der Waals surface area contributed by atoms with E-state index in [0.717, 1.165) is 38.9 Å². The number of rotatable bonds is 4. The fourth-order valence-electron chi connectivity index (χ4n) is 3.65. The average molecular weight is 323 g/mol. The molecule has 2 heterocycles. The van der Waals surface area contributed by atoms with Crippen LogP contribution in [0.4, 0.5) is 0 Å². The Labute approximate surface area is 139 Å². The Kier molecular flexibility index (Phi) is 6.71. The fourth-order valence-corrected chi connectivity index (χ4v) is 3.65. The molecule has 122 valence electrons. The van der Waals surface area contributed by atoms with Crippen molar-refractivity contribution < 1.29 is 4.79 Å². The van der Waals surface area contributed by atoms with Gasteiger partial charge in [-0.25, -0.2) is 0 Å².